The molecule has 2 heteroatoms. The molecule has 68 valence electrons. The molecule has 0 amide bonds. The normalized spacial score (nSPS) is 11.1. The summed E-state index contributed by atoms with van der Waals surface area (Å²) in [5.41, 5.74) is 0. The third kappa shape index (κ3) is 1.01. The number of aromatic hydroxyl groups is 1. The van der Waals surface area contributed by atoms with Crippen molar-refractivity contribution in [3.63, 3.8) is 0 Å². The Balaban J connectivity index is 2.57. The van der Waals surface area contributed by atoms with Gasteiger partial charge in [-0.2, -0.15) is 0 Å². The second-order valence-electron chi connectivity index (χ2n) is 3.31. The number of fused-ring (bicyclic) bond motifs is 3. The minimum atomic E-state index is 0.327. The van der Waals surface area contributed by atoms with Crippen LogP contribution in [0.4, 0.5) is 0 Å². The van der Waals surface area contributed by atoms with Gasteiger partial charge in [-0.1, -0.05) is 12.1 Å². The molecule has 0 atom stereocenters. The topological polar surface area (TPSA) is 20.2 Å². The zero-order valence-corrected chi connectivity index (χ0v) is 8.21. The quantitative estimate of drug-likeness (QED) is 0.585. The Kier molecular flexibility index (Phi) is 1.52. The minimum absolute atomic E-state index is 0.327. The van der Waals surface area contributed by atoms with Crippen molar-refractivity contribution in [2.45, 2.75) is 0 Å². The molecule has 0 saturated carbocycles. The SMILES string of the molecule is Oc1ccc2c(ccc3ccsc32)c1. The summed E-state index contributed by atoms with van der Waals surface area (Å²) in [5, 5.41) is 15.0. The first-order valence-corrected chi connectivity index (χ1v) is 5.31. The van der Waals surface area contributed by atoms with Crippen molar-refractivity contribution in [3.05, 3.63) is 41.8 Å². The van der Waals surface area contributed by atoms with Crippen molar-refractivity contribution in [2.75, 3.05) is 0 Å². The van der Waals surface area contributed by atoms with Gasteiger partial charge in [-0.05, 0) is 45.8 Å². The summed E-state index contributed by atoms with van der Waals surface area (Å²) >= 11 is 1.74. The van der Waals surface area contributed by atoms with Gasteiger partial charge in [0.2, 0.25) is 0 Å². The van der Waals surface area contributed by atoms with E-state index in [1.807, 2.05) is 12.1 Å². The molecule has 2 aromatic carbocycles. The summed E-state index contributed by atoms with van der Waals surface area (Å²) in [6.07, 6.45) is 0. The molecule has 0 fully saturated rings. The van der Waals surface area contributed by atoms with E-state index in [4.69, 9.17) is 0 Å². The molecule has 0 aliphatic rings. The van der Waals surface area contributed by atoms with Crippen molar-refractivity contribution in [2.24, 2.45) is 0 Å². The molecule has 0 aliphatic carbocycles. The number of hydrogen-bond donors (Lipinski definition) is 1. The largest absolute Gasteiger partial charge is 0.508 e. The van der Waals surface area contributed by atoms with E-state index in [2.05, 4.69) is 17.5 Å². The smallest absolute Gasteiger partial charge is 0.116 e. The van der Waals surface area contributed by atoms with Crippen LogP contribution >= 0.6 is 11.3 Å². The first kappa shape index (κ1) is 7.83. The summed E-state index contributed by atoms with van der Waals surface area (Å²) in [4.78, 5) is 0. The fourth-order valence-corrected chi connectivity index (χ4v) is 2.68. The minimum Gasteiger partial charge on any atom is -0.508 e. The van der Waals surface area contributed by atoms with E-state index in [0.717, 1.165) is 5.39 Å². The second kappa shape index (κ2) is 2.72. The van der Waals surface area contributed by atoms with Crippen molar-refractivity contribution >= 4 is 32.2 Å². The van der Waals surface area contributed by atoms with Gasteiger partial charge in [0.25, 0.3) is 0 Å². The lowest BCUT2D eigenvalue weighted by Gasteiger charge is -1.99. The first-order valence-electron chi connectivity index (χ1n) is 4.43. The van der Waals surface area contributed by atoms with Gasteiger partial charge in [0, 0.05) is 4.70 Å². The van der Waals surface area contributed by atoms with Crippen LogP contribution in [0.1, 0.15) is 0 Å². The molecule has 0 spiro atoms. The van der Waals surface area contributed by atoms with Crippen molar-refractivity contribution in [3.8, 4) is 5.75 Å². The summed E-state index contributed by atoms with van der Waals surface area (Å²) in [5.74, 6) is 0.327. The Morgan fingerprint density at radius 3 is 2.71 bits per heavy atom. The highest BCUT2D eigenvalue weighted by Crippen LogP contribution is 2.31. The predicted octanol–water partition coefficient (Wildman–Crippen LogP) is 3.76. The number of phenolic OH excluding ortho intramolecular Hbond substituents is 1. The van der Waals surface area contributed by atoms with Crippen LogP contribution in [0, 0.1) is 0 Å². The second-order valence-corrected chi connectivity index (χ2v) is 4.23. The molecule has 0 saturated heterocycles. The van der Waals surface area contributed by atoms with Crippen LogP contribution in [0.15, 0.2) is 41.8 Å². The number of thiophene rings is 1. The average Bonchev–Trinajstić information content (AvgIpc) is 2.65. The van der Waals surface area contributed by atoms with Gasteiger partial charge in [0.1, 0.15) is 5.75 Å². The molecule has 1 aromatic heterocycles. The van der Waals surface area contributed by atoms with Gasteiger partial charge < -0.3 is 5.11 Å². The van der Waals surface area contributed by atoms with E-state index in [1.165, 1.54) is 15.5 Å². The third-order valence-corrected chi connectivity index (χ3v) is 3.38. The third-order valence-electron chi connectivity index (χ3n) is 2.42. The summed E-state index contributed by atoms with van der Waals surface area (Å²) < 4.78 is 1.29. The summed E-state index contributed by atoms with van der Waals surface area (Å²) in [6.45, 7) is 0. The van der Waals surface area contributed by atoms with Gasteiger partial charge in [-0.25, -0.2) is 0 Å². The van der Waals surface area contributed by atoms with E-state index >= 15 is 0 Å². The van der Waals surface area contributed by atoms with Crippen LogP contribution in [0.2, 0.25) is 0 Å². The van der Waals surface area contributed by atoms with E-state index in [9.17, 15) is 5.11 Å². The number of benzene rings is 2. The average molecular weight is 200 g/mol. The molecule has 0 unspecified atom stereocenters. The standard InChI is InChI=1S/C12H8OS/c13-10-3-4-11-9(7-10)2-1-8-5-6-14-12(8)11/h1-7,13H. The van der Waals surface area contributed by atoms with Crippen LogP contribution in [0.3, 0.4) is 0 Å². The predicted molar refractivity (Wildman–Crippen MR) is 61.0 cm³/mol. The molecule has 1 heterocycles. The summed E-state index contributed by atoms with van der Waals surface area (Å²) in [7, 11) is 0. The van der Waals surface area contributed by atoms with Crippen LogP contribution in [0.25, 0.3) is 20.9 Å². The van der Waals surface area contributed by atoms with Crippen LogP contribution < -0.4 is 0 Å². The lowest BCUT2D eigenvalue weighted by molar-refractivity contribution is 0.476. The van der Waals surface area contributed by atoms with Crippen LogP contribution in [-0.2, 0) is 0 Å². The van der Waals surface area contributed by atoms with E-state index in [1.54, 1.807) is 23.5 Å². The maximum absolute atomic E-state index is 9.36. The van der Waals surface area contributed by atoms with Gasteiger partial charge in [0.15, 0.2) is 0 Å². The number of phenols is 1. The van der Waals surface area contributed by atoms with Crippen LogP contribution in [-0.4, -0.2) is 5.11 Å². The Bertz CT molecular complexity index is 610. The summed E-state index contributed by atoms with van der Waals surface area (Å²) in [6, 6.07) is 11.8. The fraction of sp³-hybridized carbons (Fsp3) is 0. The zero-order chi connectivity index (χ0) is 9.54. The van der Waals surface area contributed by atoms with E-state index in [0.29, 0.717) is 5.75 Å². The van der Waals surface area contributed by atoms with Gasteiger partial charge in [-0.15, -0.1) is 11.3 Å². The van der Waals surface area contributed by atoms with Crippen molar-refractivity contribution in [1.29, 1.82) is 0 Å². The molecule has 1 N–H and O–H groups in total. The van der Waals surface area contributed by atoms with Gasteiger partial charge >= 0.3 is 0 Å². The Labute approximate surface area is 85.2 Å². The Hall–Kier alpha value is -1.54. The Morgan fingerprint density at radius 1 is 0.929 bits per heavy atom. The lowest BCUT2D eigenvalue weighted by Crippen LogP contribution is -1.72. The fourth-order valence-electron chi connectivity index (χ4n) is 1.74. The number of hydrogen-bond acceptors (Lipinski definition) is 2. The maximum Gasteiger partial charge on any atom is 0.116 e. The van der Waals surface area contributed by atoms with Gasteiger partial charge in [0.05, 0.1) is 0 Å². The molecule has 14 heavy (non-hydrogen) atoms. The van der Waals surface area contributed by atoms with E-state index < -0.39 is 0 Å². The molecule has 0 radical (unpaired) electrons. The van der Waals surface area contributed by atoms with Crippen molar-refractivity contribution in [1.82, 2.24) is 0 Å². The van der Waals surface area contributed by atoms with Crippen molar-refractivity contribution < 1.29 is 5.11 Å². The van der Waals surface area contributed by atoms with Crippen LogP contribution in [0.5, 0.6) is 5.75 Å². The zero-order valence-electron chi connectivity index (χ0n) is 7.40. The Morgan fingerprint density at radius 2 is 1.79 bits per heavy atom. The highest BCUT2D eigenvalue weighted by Gasteiger charge is 2.01. The molecule has 0 bridgehead atoms. The highest BCUT2D eigenvalue weighted by atomic mass is 32.1. The monoisotopic (exact) mass is 200 g/mol. The molecule has 0 aliphatic heterocycles. The molecule has 3 aromatic rings. The van der Waals surface area contributed by atoms with Gasteiger partial charge in [-0.3, -0.25) is 0 Å². The maximum atomic E-state index is 9.36. The lowest BCUT2D eigenvalue weighted by atomic mass is 10.1. The highest BCUT2D eigenvalue weighted by molar-refractivity contribution is 7.18. The van der Waals surface area contributed by atoms with E-state index in [-0.39, 0.29) is 0 Å². The number of rotatable bonds is 0. The first-order chi connectivity index (χ1) is 6.84. The molecular formula is C12H8OS. The molecular weight excluding hydrogens is 192 g/mol. The molecule has 1 nitrogen and oxygen atoms in total. The molecule has 3 rings (SSSR count).